The van der Waals surface area contributed by atoms with Crippen LogP contribution in [0.25, 0.3) is 11.2 Å². The number of fused-ring (bicyclic) bond motifs is 1. The van der Waals surface area contributed by atoms with Gasteiger partial charge in [-0.15, -0.1) is 0 Å². The van der Waals surface area contributed by atoms with Gasteiger partial charge in [0.25, 0.3) is 0 Å². The predicted molar refractivity (Wildman–Crippen MR) is 108 cm³/mol. The van der Waals surface area contributed by atoms with Gasteiger partial charge in [-0.2, -0.15) is 23.4 Å². The molecule has 2 N–H and O–H groups in total. The number of aliphatic carboxylic acids is 1. The van der Waals surface area contributed by atoms with Gasteiger partial charge in [-0.05, 0) is 43.3 Å². The van der Waals surface area contributed by atoms with Gasteiger partial charge >= 0.3 is 12.1 Å². The molecule has 0 amide bonds. The molecule has 162 valence electrons. The second-order valence-corrected chi connectivity index (χ2v) is 6.63. The number of para-hydroxylation sites is 1. The summed E-state index contributed by atoms with van der Waals surface area (Å²) in [5.74, 6) is -2.76. The van der Waals surface area contributed by atoms with Crippen molar-refractivity contribution in [2.45, 2.75) is 25.7 Å². The van der Waals surface area contributed by atoms with Crippen LogP contribution >= 0.6 is 0 Å². The van der Waals surface area contributed by atoms with E-state index in [9.17, 15) is 13.2 Å². The van der Waals surface area contributed by atoms with Crippen LogP contribution in [0.4, 0.5) is 13.2 Å². The zero-order chi connectivity index (χ0) is 22.4. The maximum absolute atomic E-state index is 10.6. The van der Waals surface area contributed by atoms with Gasteiger partial charge in [0.2, 0.25) is 0 Å². The highest BCUT2D eigenvalue weighted by Crippen LogP contribution is 2.14. The molecule has 0 spiro atoms. The van der Waals surface area contributed by atoms with Gasteiger partial charge < -0.3 is 10.4 Å². The molecular weight excluding hydrogens is 411 g/mol. The quantitative estimate of drug-likeness (QED) is 0.499. The Hall–Kier alpha value is -3.66. The van der Waals surface area contributed by atoms with E-state index in [1.54, 1.807) is 0 Å². The molecular formula is C21H20F3N5O2. The Balaban J connectivity index is 0.000000339. The largest absolute Gasteiger partial charge is 0.490 e. The van der Waals surface area contributed by atoms with Crippen LogP contribution in [0.2, 0.25) is 0 Å². The number of halogens is 3. The molecule has 10 heteroatoms. The minimum atomic E-state index is -5.08. The van der Waals surface area contributed by atoms with E-state index in [1.165, 1.54) is 0 Å². The molecule has 31 heavy (non-hydrogen) atoms. The molecule has 4 rings (SSSR count). The summed E-state index contributed by atoms with van der Waals surface area (Å²) in [6.07, 6.45) is -1.13. The fourth-order valence-electron chi connectivity index (χ4n) is 2.73. The molecule has 0 fully saturated rings. The predicted octanol–water partition coefficient (Wildman–Crippen LogP) is 4.00. The van der Waals surface area contributed by atoms with E-state index < -0.39 is 12.1 Å². The topological polar surface area (TPSA) is 84.5 Å². The molecule has 0 aliphatic rings. The highest BCUT2D eigenvalue weighted by Gasteiger charge is 2.38. The number of hydrogen-bond donors (Lipinski definition) is 2. The normalized spacial score (nSPS) is 12.3. The number of pyridine rings is 1. The summed E-state index contributed by atoms with van der Waals surface area (Å²) in [6.45, 7) is 2.83. The Kier molecular flexibility index (Phi) is 6.71. The third-order valence-corrected chi connectivity index (χ3v) is 4.33. The van der Waals surface area contributed by atoms with Gasteiger partial charge in [0.1, 0.15) is 0 Å². The molecule has 0 bridgehead atoms. The van der Waals surface area contributed by atoms with Crippen LogP contribution in [-0.4, -0.2) is 36.6 Å². The fourth-order valence-corrected chi connectivity index (χ4v) is 2.73. The average molecular weight is 431 g/mol. The van der Waals surface area contributed by atoms with Crippen molar-refractivity contribution in [3.8, 4) is 5.69 Å². The van der Waals surface area contributed by atoms with Gasteiger partial charge in [-0.25, -0.2) is 14.0 Å². The first-order valence-corrected chi connectivity index (χ1v) is 9.32. The summed E-state index contributed by atoms with van der Waals surface area (Å²) in [4.78, 5) is 8.90. The third-order valence-electron chi connectivity index (χ3n) is 4.33. The molecule has 4 aromatic rings. The lowest BCUT2D eigenvalue weighted by molar-refractivity contribution is -0.192. The highest BCUT2D eigenvalue weighted by molar-refractivity contribution is 5.73. The lowest BCUT2D eigenvalue weighted by Crippen LogP contribution is -2.21. The molecule has 0 aliphatic heterocycles. The molecule has 1 atom stereocenters. The standard InChI is InChI=1S/C19H19N5.C2HF3O2/c1-15(19-10-12-24(22-19)17-7-3-2-4-8-17)20-14-16-13-18-9-5-6-11-23(18)21-16;3-2(4,5)1(6)7/h2-13,15,20H,14H2,1H3;(H,6,7). The molecule has 1 unspecified atom stereocenters. The van der Waals surface area contributed by atoms with Crippen molar-refractivity contribution in [1.29, 1.82) is 0 Å². The van der Waals surface area contributed by atoms with Crippen molar-refractivity contribution < 1.29 is 23.1 Å². The number of nitrogens with zero attached hydrogens (tertiary/aromatic N) is 4. The van der Waals surface area contributed by atoms with Crippen LogP contribution in [0.5, 0.6) is 0 Å². The van der Waals surface area contributed by atoms with Crippen molar-refractivity contribution in [3.05, 3.63) is 84.4 Å². The van der Waals surface area contributed by atoms with E-state index >= 15 is 0 Å². The van der Waals surface area contributed by atoms with E-state index in [4.69, 9.17) is 9.90 Å². The smallest absolute Gasteiger partial charge is 0.475 e. The second kappa shape index (κ2) is 9.43. The second-order valence-electron chi connectivity index (χ2n) is 6.63. The van der Waals surface area contributed by atoms with Crippen LogP contribution in [0, 0.1) is 0 Å². The first-order valence-electron chi connectivity index (χ1n) is 9.32. The number of carbonyl (C=O) groups is 1. The fraction of sp³-hybridized carbons (Fsp3) is 0.190. The summed E-state index contributed by atoms with van der Waals surface area (Å²) in [5, 5.41) is 19.8. The number of aromatic nitrogens is 4. The number of alkyl halides is 3. The number of hydrogen-bond acceptors (Lipinski definition) is 4. The van der Waals surface area contributed by atoms with E-state index in [0.29, 0.717) is 6.54 Å². The molecule has 0 saturated carbocycles. The molecule has 0 aliphatic carbocycles. The summed E-state index contributed by atoms with van der Waals surface area (Å²) in [5.41, 5.74) is 4.21. The van der Waals surface area contributed by atoms with Crippen LogP contribution in [0.3, 0.4) is 0 Å². The minimum Gasteiger partial charge on any atom is -0.475 e. The van der Waals surface area contributed by atoms with E-state index in [2.05, 4.69) is 34.6 Å². The van der Waals surface area contributed by atoms with E-state index in [0.717, 1.165) is 22.6 Å². The summed E-state index contributed by atoms with van der Waals surface area (Å²) < 4.78 is 35.5. The average Bonchev–Trinajstić information content (AvgIpc) is 3.39. The summed E-state index contributed by atoms with van der Waals surface area (Å²) in [7, 11) is 0. The summed E-state index contributed by atoms with van der Waals surface area (Å²) >= 11 is 0. The molecule has 0 saturated heterocycles. The monoisotopic (exact) mass is 431 g/mol. The van der Waals surface area contributed by atoms with Crippen molar-refractivity contribution in [2.75, 3.05) is 0 Å². The number of nitrogens with one attached hydrogen (secondary N) is 1. The van der Waals surface area contributed by atoms with Gasteiger partial charge in [0.15, 0.2) is 0 Å². The van der Waals surface area contributed by atoms with Gasteiger partial charge in [-0.1, -0.05) is 24.3 Å². The van der Waals surface area contributed by atoms with Crippen molar-refractivity contribution in [2.24, 2.45) is 0 Å². The maximum atomic E-state index is 10.6. The third kappa shape index (κ3) is 5.92. The maximum Gasteiger partial charge on any atom is 0.490 e. The van der Waals surface area contributed by atoms with Crippen LogP contribution < -0.4 is 5.32 Å². The van der Waals surface area contributed by atoms with Crippen molar-refractivity contribution >= 4 is 11.5 Å². The summed E-state index contributed by atoms with van der Waals surface area (Å²) in [6, 6.07) is 20.5. The van der Waals surface area contributed by atoms with Crippen molar-refractivity contribution in [3.63, 3.8) is 0 Å². The minimum absolute atomic E-state index is 0.153. The molecule has 0 radical (unpaired) electrons. The van der Waals surface area contributed by atoms with Crippen molar-refractivity contribution in [1.82, 2.24) is 24.7 Å². The first-order chi connectivity index (χ1) is 14.7. The van der Waals surface area contributed by atoms with Gasteiger partial charge in [0.05, 0.1) is 22.6 Å². The Morgan fingerprint density at radius 1 is 1.06 bits per heavy atom. The zero-order valence-electron chi connectivity index (χ0n) is 16.5. The lowest BCUT2D eigenvalue weighted by Gasteiger charge is -2.10. The number of carboxylic acid groups (broad SMARTS) is 1. The Bertz CT molecular complexity index is 1110. The first kappa shape index (κ1) is 22.0. The molecule has 3 aromatic heterocycles. The van der Waals surface area contributed by atoms with Crippen LogP contribution in [-0.2, 0) is 11.3 Å². The van der Waals surface area contributed by atoms with Gasteiger partial charge in [-0.3, -0.25) is 0 Å². The van der Waals surface area contributed by atoms with E-state index in [1.807, 2.05) is 70.1 Å². The molecule has 7 nitrogen and oxygen atoms in total. The number of carboxylic acids is 1. The van der Waals surface area contributed by atoms with Crippen LogP contribution in [0.1, 0.15) is 24.4 Å². The van der Waals surface area contributed by atoms with E-state index in [-0.39, 0.29) is 6.04 Å². The number of benzene rings is 1. The Labute approximate surface area is 175 Å². The lowest BCUT2D eigenvalue weighted by atomic mass is 10.2. The van der Waals surface area contributed by atoms with Crippen LogP contribution in [0.15, 0.2) is 73.1 Å². The Morgan fingerprint density at radius 2 is 1.74 bits per heavy atom. The highest BCUT2D eigenvalue weighted by atomic mass is 19.4. The SMILES string of the molecule is CC(NCc1cc2ccccn2n1)c1ccn(-c2ccccc2)n1.O=C(O)C(F)(F)F. The Morgan fingerprint density at radius 3 is 2.39 bits per heavy atom. The van der Waals surface area contributed by atoms with Gasteiger partial charge in [0, 0.05) is 25.0 Å². The molecule has 3 heterocycles. The molecule has 1 aromatic carbocycles. The zero-order valence-corrected chi connectivity index (χ0v) is 16.5. The number of rotatable bonds is 5.